The van der Waals surface area contributed by atoms with Crippen molar-refractivity contribution in [2.24, 2.45) is 0 Å². The fourth-order valence-corrected chi connectivity index (χ4v) is 2.43. The average molecular weight is 344 g/mol. The molecule has 2 amide bonds. The number of carbonyl (C=O) groups excluding carboxylic acids is 2. The molecule has 0 aromatic carbocycles. The summed E-state index contributed by atoms with van der Waals surface area (Å²) in [5, 5.41) is 5.31. The number of anilines is 2. The van der Waals surface area contributed by atoms with Gasteiger partial charge in [0.2, 0.25) is 5.91 Å². The molecule has 3 rings (SSSR count). The van der Waals surface area contributed by atoms with Crippen LogP contribution in [0.3, 0.4) is 0 Å². The quantitative estimate of drug-likeness (QED) is 0.848. The topological polar surface area (TPSA) is 96.7 Å². The molecule has 132 valence electrons. The summed E-state index contributed by atoms with van der Waals surface area (Å²) in [6, 6.07) is 6.08. The lowest BCUT2D eigenvalue weighted by Gasteiger charge is -2.27. The van der Waals surface area contributed by atoms with Gasteiger partial charge in [0.1, 0.15) is 11.9 Å². The Morgan fingerprint density at radius 1 is 1.24 bits per heavy atom. The van der Waals surface area contributed by atoms with Crippen molar-refractivity contribution < 1.29 is 18.7 Å². The highest BCUT2D eigenvalue weighted by molar-refractivity contribution is 5.99. The highest BCUT2D eigenvalue weighted by Gasteiger charge is 2.18. The van der Waals surface area contributed by atoms with Gasteiger partial charge in [-0.25, -0.2) is 4.98 Å². The summed E-state index contributed by atoms with van der Waals surface area (Å²) >= 11 is 0. The van der Waals surface area contributed by atoms with Crippen LogP contribution in [0.4, 0.5) is 11.5 Å². The smallest absolute Gasteiger partial charge is 0.287 e. The van der Waals surface area contributed by atoms with Crippen molar-refractivity contribution in [2.75, 3.05) is 36.5 Å². The maximum Gasteiger partial charge on any atom is 0.287 e. The molecule has 1 aliphatic heterocycles. The molecule has 25 heavy (non-hydrogen) atoms. The summed E-state index contributed by atoms with van der Waals surface area (Å²) in [7, 11) is 0. The minimum atomic E-state index is -0.712. The SMILES string of the molecule is C[C@H](NC(=O)c1ccco1)C(=O)Nc1ccc(N2CCOCC2)nc1. The van der Waals surface area contributed by atoms with Crippen LogP contribution in [0.5, 0.6) is 0 Å². The van der Waals surface area contributed by atoms with Crippen molar-refractivity contribution in [1.82, 2.24) is 10.3 Å². The van der Waals surface area contributed by atoms with Crippen LogP contribution in [-0.2, 0) is 9.53 Å². The van der Waals surface area contributed by atoms with Crippen LogP contribution in [0.1, 0.15) is 17.5 Å². The molecule has 8 nitrogen and oxygen atoms in total. The molecule has 0 unspecified atom stereocenters. The molecule has 1 atom stereocenters. The van der Waals surface area contributed by atoms with Crippen LogP contribution in [0.2, 0.25) is 0 Å². The number of ether oxygens (including phenoxy) is 1. The Bertz CT molecular complexity index is 709. The Hall–Kier alpha value is -2.87. The van der Waals surface area contributed by atoms with Gasteiger partial charge in [-0.2, -0.15) is 0 Å². The number of aromatic nitrogens is 1. The van der Waals surface area contributed by atoms with Crippen LogP contribution in [0.15, 0.2) is 41.1 Å². The number of carbonyl (C=O) groups is 2. The first kappa shape index (κ1) is 17.0. The Balaban J connectivity index is 1.54. The van der Waals surface area contributed by atoms with Gasteiger partial charge < -0.3 is 24.7 Å². The Labute approximate surface area is 145 Å². The second-order valence-corrected chi connectivity index (χ2v) is 5.67. The summed E-state index contributed by atoms with van der Waals surface area (Å²) in [5.74, 6) is 0.242. The molecule has 0 saturated carbocycles. The van der Waals surface area contributed by atoms with Crippen molar-refractivity contribution in [3.8, 4) is 0 Å². The standard InChI is InChI=1S/C17H20N4O4/c1-12(19-17(23)14-3-2-8-25-14)16(22)20-13-4-5-15(18-11-13)21-6-9-24-10-7-21/h2-5,8,11-12H,6-7,9-10H2,1H3,(H,19,23)(H,20,22)/t12-/m0/s1. The van der Waals surface area contributed by atoms with E-state index in [-0.39, 0.29) is 11.7 Å². The lowest BCUT2D eigenvalue weighted by Crippen LogP contribution is -2.41. The van der Waals surface area contributed by atoms with E-state index < -0.39 is 11.9 Å². The average Bonchev–Trinajstić information content (AvgIpc) is 3.18. The number of rotatable bonds is 5. The first-order valence-corrected chi connectivity index (χ1v) is 8.07. The van der Waals surface area contributed by atoms with Crippen molar-refractivity contribution in [3.05, 3.63) is 42.5 Å². The maximum absolute atomic E-state index is 12.2. The van der Waals surface area contributed by atoms with Crippen LogP contribution in [0.25, 0.3) is 0 Å². The van der Waals surface area contributed by atoms with Crippen molar-refractivity contribution in [2.45, 2.75) is 13.0 Å². The molecule has 2 N–H and O–H groups in total. The second-order valence-electron chi connectivity index (χ2n) is 5.67. The molecule has 0 bridgehead atoms. The van der Waals surface area contributed by atoms with Gasteiger partial charge in [-0.3, -0.25) is 9.59 Å². The van der Waals surface area contributed by atoms with Crippen LogP contribution >= 0.6 is 0 Å². The summed E-state index contributed by atoms with van der Waals surface area (Å²) in [6.45, 7) is 4.58. The number of hydrogen-bond acceptors (Lipinski definition) is 6. The van der Waals surface area contributed by atoms with E-state index in [0.717, 1.165) is 18.9 Å². The third-order valence-electron chi connectivity index (χ3n) is 3.84. The van der Waals surface area contributed by atoms with Gasteiger partial charge in [0, 0.05) is 13.1 Å². The van der Waals surface area contributed by atoms with Crippen LogP contribution in [-0.4, -0.2) is 49.1 Å². The Kier molecular flexibility index (Phi) is 5.30. The molecule has 2 aromatic heterocycles. The Morgan fingerprint density at radius 2 is 2.04 bits per heavy atom. The molecule has 0 spiro atoms. The van der Waals surface area contributed by atoms with Crippen molar-refractivity contribution in [3.63, 3.8) is 0 Å². The van der Waals surface area contributed by atoms with Gasteiger partial charge in [0.15, 0.2) is 5.76 Å². The Morgan fingerprint density at radius 3 is 2.68 bits per heavy atom. The van der Waals surface area contributed by atoms with Crippen LogP contribution in [0, 0.1) is 0 Å². The largest absolute Gasteiger partial charge is 0.459 e. The summed E-state index contributed by atoms with van der Waals surface area (Å²) in [4.78, 5) is 30.6. The van der Waals surface area contributed by atoms with Gasteiger partial charge in [-0.1, -0.05) is 0 Å². The maximum atomic E-state index is 12.2. The van der Waals surface area contributed by atoms with Crippen molar-refractivity contribution >= 4 is 23.3 Å². The van der Waals surface area contributed by atoms with Gasteiger partial charge in [-0.15, -0.1) is 0 Å². The molecule has 0 aliphatic carbocycles. The van der Waals surface area contributed by atoms with Gasteiger partial charge in [-0.05, 0) is 31.2 Å². The fourth-order valence-electron chi connectivity index (χ4n) is 2.43. The van der Waals surface area contributed by atoms with E-state index >= 15 is 0 Å². The van der Waals surface area contributed by atoms with Gasteiger partial charge in [0.05, 0.1) is 31.4 Å². The molecule has 0 radical (unpaired) electrons. The minimum absolute atomic E-state index is 0.163. The predicted molar refractivity (Wildman–Crippen MR) is 91.5 cm³/mol. The number of nitrogens with zero attached hydrogens (tertiary/aromatic N) is 2. The van der Waals surface area contributed by atoms with E-state index in [0.29, 0.717) is 18.9 Å². The minimum Gasteiger partial charge on any atom is -0.459 e. The number of furan rings is 1. The summed E-state index contributed by atoms with van der Waals surface area (Å²) in [6.07, 6.45) is 3.01. The van der Waals surface area contributed by atoms with Gasteiger partial charge >= 0.3 is 0 Å². The predicted octanol–water partition coefficient (Wildman–Crippen LogP) is 1.27. The first-order chi connectivity index (χ1) is 12.1. The molecule has 3 heterocycles. The molecule has 8 heteroatoms. The normalized spacial score (nSPS) is 15.5. The summed E-state index contributed by atoms with van der Waals surface area (Å²) < 4.78 is 10.3. The molecular formula is C17H20N4O4. The van der Waals surface area contributed by atoms with Gasteiger partial charge in [0.25, 0.3) is 5.91 Å². The number of pyridine rings is 1. The molecular weight excluding hydrogens is 324 g/mol. The van der Waals surface area contributed by atoms with E-state index in [1.54, 1.807) is 25.3 Å². The van der Waals surface area contributed by atoms with E-state index in [9.17, 15) is 9.59 Å². The molecule has 1 aliphatic rings. The number of morpholine rings is 1. The monoisotopic (exact) mass is 344 g/mol. The van der Waals surface area contributed by atoms with E-state index in [4.69, 9.17) is 9.15 Å². The lowest BCUT2D eigenvalue weighted by atomic mass is 10.2. The van der Waals surface area contributed by atoms with Crippen LogP contribution < -0.4 is 15.5 Å². The highest BCUT2D eigenvalue weighted by atomic mass is 16.5. The fraction of sp³-hybridized carbons (Fsp3) is 0.353. The van der Waals surface area contributed by atoms with Crippen molar-refractivity contribution in [1.29, 1.82) is 0 Å². The molecule has 2 aromatic rings. The first-order valence-electron chi connectivity index (χ1n) is 8.07. The third-order valence-corrected chi connectivity index (χ3v) is 3.84. The summed E-state index contributed by atoms with van der Waals surface area (Å²) in [5.41, 5.74) is 0.570. The van der Waals surface area contributed by atoms with E-state index in [1.807, 2.05) is 6.07 Å². The number of amides is 2. The zero-order chi connectivity index (χ0) is 17.6. The zero-order valence-corrected chi connectivity index (χ0v) is 13.9. The number of nitrogens with one attached hydrogen (secondary N) is 2. The number of hydrogen-bond donors (Lipinski definition) is 2. The lowest BCUT2D eigenvalue weighted by molar-refractivity contribution is -0.117. The molecule has 1 fully saturated rings. The highest BCUT2D eigenvalue weighted by Crippen LogP contribution is 2.15. The zero-order valence-electron chi connectivity index (χ0n) is 13.9. The van der Waals surface area contributed by atoms with E-state index in [1.165, 1.54) is 12.3 Å². The second kappa shape index (κ2) is 7.80. The van der Waals surface area contributed by atoms with E-state index in [2.05, 4.69) is 20.5 Å². The third kappa shape index (κ3) is 4.36. The molecule has 1 saturated heterocycles.